The molecule has 1 aliphatic heterocycles. The van der Waals surface area contributed by atoms with Gasteiger partial charge in [0, 0.05) is 23.5 Å². The lowest BCUT2D eigenvalue weighted by atomic mass is 10.2. The van der Waals surface area contributed by atoms with Crippen molar-refractivity contribution >= 4 is 23.7 Å². The van der Waals surface area contributed by atoms with Crippen LogP contribution in [0.25, 0.3) is 11.8 Å². The molecule has 2 aromatic rings. The summed E-state index contributed by atoms with van der Waals surface area (Å²) in [5.41, 5.74) is 3.22. The number of nitro benzene ring substituents is 1. The number of nitro groups is 1. The lowest BCUT2D eigenvalue weighted by Crippen LogP contribution is -2.22. The summed E-state index contributed by atoms with van der Waals surface area (Å²) < 4.78 is 1.86. The van der Waals surface area contributed by atoms with Crippen LogP contribution in [0.2, 0.25) is 0 Å². The minimum Gasteiger partial charge on any atom is -0.318 e. The summed E-state index contributed by atoms with van der Waals surface area (Å²) in [5, 5.41) is 15.5. The van der Waals surface area contributed by atoms with Crippen molar-refractivity contribution < 1.29 is 14.5 Å². The van der Waals surface area contributed by atoms with Crippen LogP contribution in [0.1, 0.15) is 17.0 Å². The Morgan fingerprint density at radius 3 is 2.54 bits per heavy atom. The highest BCUT2D eigenvalue weighted by molar-refractivity contribution is 6.14. The lowest BCUT2D eigenvalue weighted by Gasteiger charge is -2.09. The molecule has 3 rings (SSSR count). The van der Waals surface area contributed by atoms with E-state index in [1.54, 1.807) is 18.2 Å². The molecule has 8 heteroatoms. The fraction of sp³-hybridized carbons (Fsp3) is 0.125. The Bertz CT molecular complexity index is 911. The first-order valence-corrected chi connectivity index (χ1v) is 7.14. The first-order valence-electron chi connectivity index (χ1n) is 7.14. The highest BCUT2D eigenvalue weighted by Crippen LogP contribution is 2.25. The quantitative estimate of drug-likeness (QED) is 0.390. The molecule has 122 valence electrons. The number of urea groups is 1. The summed E-state index contributed by atoms with van der Waals surface area (Å²) in [6, 6.07) is 7.60. The predicted molar refractivity (Wildman–Crippen MR) is 86.5 cm³/mol. The topological polar surface area (TPSA) is 106 Å². The van der Waals surface area contributed by atoms with E-state index in [2.05, 4.69) is 10.6 Å². The first kappa shape index (κ1) is 15.5. The normalized spacial score (nSPS) is 15.5. The Balaban J connectivity index is 2.06. The van der Waals surface area contributed by atoms with Crippen LogP contribution < -0.4 is 10.6 Å². The molecule has 24 heavy (non-hydrogen) atoms. The molecular weight excluding hydrogens is 312 g/mol. The van der Waals surface area contributed by atoms with Crippen molar-refractivity contribution in [3.63, 3.8) is 0 Å². The maximum atomic E-state index is 11.6. The Labute approximate surface area is 136 Å². The van der Waals surface area contributed by atoms with E-state index in [4.69, 9.17) is 0 Å². The summed E-state index contributed by atoms with van der Waals surface area (Å²) in [6.07, 6.45) is 1.58. The van der Waals surface area contributed by atoms with Gasteiger partial charge in [0.1, 0.15) is 5.70 Å². The summed E-state index contributed by atoms with van der Waals surface area (Å²) >= 11 is 0. The number of rotatable bonds is 3. The van der Waals surface area contributed by atoms with E-state index in [-0.39, 0.29) is 11.4 Å². The number of benzene rings is 1. The number of non-ortho nitro benzene ring substituents is 1. The summed E-state index contributed by atoms with van der Waals surface area (Å²) in [5.74, 6) is -0.486. The van der Waals surface area contributed by atoms with E-state index in [9.17, 15) is 19.7 Å². The molecule has 3 amide bonds. The average Bonchev–Trinajstić information content (AvgIpc) is 2.98. The second-order valence-electron chi connectivity index (χ2n) is 5.41. The van der Waals surface area contributed by atoms with Gasteiger partial charge in [-0.1, -0.05) is 6.07 Å². The van der Waals surface area contributed by atoms with Crippen LogP contribution in [0, 0.1) is 24.0 Å². The summed E-state index contributed by atoms with van der Waals surface area (Å²) in [7, 11) is 0. The van der Waals surface area contributed by atoms with Gasteiger partial charge in [0.2, 0.25) is 0 Å². The SMILES string of the molecule is Cc1cc(/C=C2\NC(=O)NC2=O)c(C)n1-c1cccc([N+](=O)[O-])c1. The van der Waals surface area contributed by atoms with Crippen molar-refractivity contribution in [1.29, 1.82) is 0 Å². The van der Waals surface area contributed by atoms with Gasteiger partial charge in [-0.2, -0.15) is 0 Å². The summed E-state index contributed by atoms with van der Waals surface area (Å²) in [4.78, 5) is 33.3. The van der Waals surface area contributed by atoms with Crippen molar-refractivity contribution in [1.82, 2.24) is 15.2 Å². The van der Waals surface area contributed by atoms with Crippen LogP contribution in [0.4, 0.5) is 10.5 Å². The van der Waals surface area contributed by atoms with Crippen molar-refractivity contribution in [2.45, 2.75) is 13.8 Å². The van der Waals surface area contributed by atoms with Gasteiger partial charge in [-0.3, -0.25) is 20.2 Å². The number of nitrogens with zero attached hydrogens (tertiary/aromatic N) is 2. The van der Waals surface area contributed by atoms with Crippen LogP contribution in [-0.2, 0) is 4.79 Å². The summed E-state index contributed by atoms with van der Waals surface area (Å²) in [6.45, 7) is 3.70. The molecule has 0 atom stereocenters. The monoisotopic (exact) mass is 326 g/mol. The zero-order valence-corrected chi connectivity index (χ0v) is 13.0. The molecule has 0 spiro atoms. The van der Waals surface area contributed by atoms with Gasteiger partial charge in [0.15, 0.2) is 0 Å². The molecule has 1 aromatic heterocycles. The smallest absolute Gasteiger partial charge is 0.318 e. The van der Waals surface area contributed by atoms with Gasteiger partial charge in [-0.05, 0) is 37.6 Å². The molecule has 1 fully saturated rings. The second kappa shape index (κ2) is 5.65. The van der Waals surface area contributed by atoms with E-state index >= 15 is 0 Å². The number of carbonyl (C=O) groups is 2. The zero-order valence-electron chi connectivity index (χ0n) is 13.0. The fourth-order valence-electron chi connectivity index (χ4n) is 2.71. The fourth-order valence-corrected chi connectivity index (χ4v) is 2.71. The van der Waals surface area contributed by atoms with Crippen LogP contribution >= 0.6 is 0 Å². The number of hydrogen-bond acceptors (Lipinski definition) is 4. The molecule has 2 heterocycles. The molecule has 0 aliphatic carbocycles. The third kappa shape index (κ3) is 2.65. The number of aryl methyl sites for hydroxylation is 1. The molecule has 0 saturated carbocycles. The Morgan fingerprint density at radius 1 is 1.17 bits per heavy atom. The molecule has 0 radical (unpaired) electrons. The number of nitrogens with one attached hydrogen (secondary N) is 2. The number of carbonyl (C=O) groups excluding carboxylic acids is 2. The molecule has 1 aliphatic rings. The highest BCUT2D eigenvalue weighted by atomic mass is 16.6. The molecular formula is C16H14N4O4. The molecule has 1 aromatic carbocycles. The van der Waals surface area contributed by atoms with E-state index in [1.165, 1.54) is 12.1 Å². The zero-order chi connectivity index (χ0) is 17.4. The Hall–Kier alpha value is -3.42. The van der Waals surface area contributed by atoms with E-state index in [0.717, 1.165) is 17.0 Å². The van der Waals surface area contributed by atoms with Crippen molar-refractivity contribution in [2.24, 2.45) is 0 Å². The van der Waals surface area contributed by atoms with Crippen molar-refractivity contribution in [2.75, 3.05) is 0 Å². The van der Waals surface area contributed by atoms with Crippen LogP contribution in [-0.4, -0.2) is 21.4 Å². The van der Waals surface area contributed by atoms with Gasteiger partial charge < -0.3 is 9.88 Å². The highest BCUT2D eigenvalue weighted by Gasteiger charge is 2.23. The van der Waals surface area contributed by atoms with Crippen LogP contribution in [0.5, 0.6) is 0 Å². The van der Waals surface area contributed by atoms with Crippen molar-refractivity contribution in [3.05, 3.63) is 63.1 Å². The maximum Gasteiger partial charge on any atom is 0.326 e. The third-order valence-corrected chi connectivity index (χ3v) is 3.79. The molecule has 2 N–H and O–H groups in total. The largest absolute Gasteiger partial charge is 0.326 e. The van der Waals surface area contributed by atoms with Gasteiger partial charge >= 0.3 is 6.03 Å². The van der Waals surface area contributed by atoms with E-state index in [1.807, 2.05) is 24.5 Å². The van der Waals surface area contributed by atoms with Crippen LogP contribution in [0.15, 0.2) is 36.0 Å². The van der Waals surface area contributed by atoms with Gasteiger partial charge in [-0.25, -0.2) is 4.79 Å². The minimum absolute atomic E-state index is 0.00217. The molecule has 1 saturated heterocycles. The van der Waals surface area contributed by atoms with Gasteiger partial charge in [-0.15, -0.1) is 0 Å². The van der Waals surface area contributed by atoms with Gasteiger partial charge in [0.05, 0.1) is 10.6 Å². The van der Waals surface area contributed by atoms with E-state index < -0.39 is 16.9 Å². The average molecular weight is 326 g/mol. The number of imide groups is 1. The number of hydrogen-bond donors (Lipinski definition) is 2. The lowest BCUT2D eigenvalue weighted by molar-refractivity contribution is -0.384. The molecule has 8 nitrogen and oxygen atoms in total. The maximum absolute atomic E-state index is 11.6. The third-order valence-electron chi connectivity index (χ3n) is 3.79. The number of amides is 3. The standard InChI is InChI=1S/C16H14N4O4/c1-9-6-11(7-14-15(21)18-16(22)17-14)10(2)19(9)12-4-3-5-13(8-12)20(23)24/h3-8H,1-2H3,(H2,17,18,21,22)/b14-7-. The van der Waals surface area contributed by atoms with Gasteiger partial charge in [0.25, 0.3) is 11.6 Å². The predicted octanol–water partition coefficient (Wildman–Crippen LogP) is 2.18. The van der Waals surface area contributed by atoms with E-state index in [0.29, 0.717) is 5.69 Å². The van der Waals surface area contributed by atoms with Crippen molar-refractivity contribution in [3.8, 4) is 5.69 Å². The Kier molecular flexibility index (Phi) is 3.64. The number of aromatic nitrogens is 1. The van der Waals surface area contributed by atoms with Crippen LogP contribution in [0.3, 0.4) is 0 Å². The Morgan fingerprint density at radius 2 is 1.92 bits per heavy atom. The minimum atomic E-state index is -0.557. The second-order valence-corrected chi connectivity index (χ2v) is 5.41. The molecule has 0 unspecified atom stereocenters. The molecule has 0 bridgehead atoms. The first-order chi connectivity index (χ1) is 11.4.